The van der Waals surface area contributed by atoms with Gasteiger partial charge in [0, 0.05) is 34.4 Å². The summed E-state index contributed by atoms with van der Waals surface area (Å²) in [6, 6.07) is 5.61. The zero-order chi connectivity index (χ0) is 13.9. The highest BCUT2D eigenvalue weighted by atomic mass is 35.5. The van der Waals surface area contributed by atoms with Crippen molar-refractivity contribution in [1.82, 2.24) is 15.3 Å². The van der Waals surface area contributed by atoms with Crippen LogP contribution in [0.3, 0.4) is 0 Å². The average Bonchev–Trinajstić information content (AvgIpc) is 2.81. The van der Waals surface area contributed by atoms with Crippen molar-refractivity contribution in [2.45, 2.75) is 25.8 Å². The number of hydrogen-bond donors (Lipinski definition) is 2. The topological polar surface area (TPSA) is 40.7 Å². The minimum absolute atomic E-state index is 0.151. The molecule has 0 amide bonds. The Hall–Kier alpha value is -1.03. The average molecular weight is 298 g/mol. The summed E-state index contributed by atoms with van der Waals surface area (Å²) in [7, 11) is 0. The van der Waals surface area contributed by atoms with Gasteiger partial charge in [-0.25, -0.2) is 4.98 Å². The Morgan fingerprint density at radius 2 is 1.95 bits per heavy atom. The van der Waals surface area contributed by atoms with E-state index >= 15 is 0 Å². The van der Waals surface area contributed by atoms with Gasteiger partial charge in [-0.3, -0.25) is 0 Å². The van der Waals surface area contributed by atoms with E-state index in [4.69, 9.17) is 23.2 Å². The number of hydrogen-bond acceptors (Lipinski definition) is 2. The van der Waals surface area contributed by atoms with Crippen LogP contribution < -0.4 is 5.32 Å². The Labute approximate surface area is 123 Å². The fraction of sp³-hybridized carbons (Fsp3) is 0.357. The molecule has 3 nitrogen and oxygen atoms in total. The molecular formula is C14H17Cl2N3. The molecule has 0 aliphatic rings. The summed E-state index contributed by atoms with van der Waals surface area (Å²) in [5.74, 6) is 0.918. The standard InChI is InChI=1S/C14H17Cl2N3/c1-14(2,9-17-8-12-18-6-7-19-12)13-10(15)4-3-5-11(13)16/h3-7,17H,8-9H2,1-2H3,(H,18,19). The molecule has 0 aliphatic carbocycles. The lowest BCUT2D eigenvalue weighted by atomic mass is 9.84. The van der Waals surface area contributed by atoms with Gasteiger partial charge in [0.25, 0.3) is 0 Å². The first-order valence-corrected chi connectivity index (χ1v) is 6.90. The molecule has 0 saturated heterocycles. The number of H-pyrrole nitrogens is 1. The Kier molecular flexibility index (Phi) is 4.50. The predicted octanol–water partition coefficient (Wildman–Crippen LogP) is 3.78. The van der Waals surface area contributed by atoms with E-state index < -0.39 is 0 Å². The molecule has 0 spiro atoms. The van der Waals surface area contributed by atoms with Crippen LogP contribution in [-0.2, 0) is 12.0 Å². The van der Waals surface area contributed by atoms with Crippen LogP contribution in [0.1, 0.15) is 25.2 Å². The molecular weight excluding hydrogens is 281 g/mol. The van der Waals surface area contributed by atoms with Crippen molar-refractivity contribution in [3.63, 3.8) is 0 Å². The van der Waals surface area contributed by atoms with Crippen LogP contribution in [0.2, 0.25) is 10.0 Å². The van der Waals surface area contributed by atoms with E-state index in [0.29, 0.717) is 16.6 Å². The van der Waals surface area contributed by atoms with E-state index in [1.54, 1.807) is 6.20 Å². The lowest BCUT2D eigenvalue weighted by Crippen LogP contribution is -2.33. The van der Waals surface area contributed by atoms with Crippen molar-refractivity contribution >= 4 is 23.2 Å². The molecule has 1 heterocycles. The molecule has 0 saturated carbocycles. The number of aromatic amines is 1. The van der Waals surface area contributed by atoms with Gasteiger partial charge in [0.2, 0.25) is 0 Å². The highest BCUT2D eigenvalue weighted by Gasteiger charge is 2.25. The SMILES string of the molecule is CC(C)(CNCc1ncc[nH]1)c1c(Cl)cccc1Cl. The van der Waals surface area contributed by atoms with E-state index in [2.05, 4.69) is 29.1 Å². The molecule has 0 aliphatic heterocycles. The molecule has 0 bridgehead atoms. The molecule has 19 heavy (non-hydrogen) atoms. The second kappa shape index (κ2) is 5.95. The molecule has 2 aromatic rings. The predicted molar refractivity (Wildman–Crippen MR) is 79.8 cm³/mol. The zero-order valence-corrected chi connectivity index (χ0v) is 12.5. The van der Waals surface area contributed by atoms with Crippen molar-refractivity contribution in [3.8, 4) is 0 Å². The largest absolute Gasteiger partial charge is 0.348 e. The van der Waals surface area contributed by atoms with Crippen molar-refractivity contribution in [2.24, 2.45) is 0 Å². The van der Waals surface area contributed by atoms with Gasteiger partial charge in [-0.2, -0.15) is 0 Å². The Morgan fingerprint density at radius 1 is 1.26 bits per heavy atom. The summed E-state index contributed by atoms with van der Waals surface area (Å²) in [5, 5.41) is 4.78. The van der Waals surface area contributed by atoms with Gasteiger partial charge in [-0.15, -0.1) is 0 Å². The minimum Gasteiger partial charge on any atom is -0.348 e. The molecule has 2 N–H and O–H groups in total. The van der Waals surface area contributed by atoms with Crippen LogP contribution in [0.4, 0.5) is 0 Å². The fourth-order valence-corrected chi connectivity index (χ4v) is 3.03. The lowest BCUT2D eigenvalue weighted by Gasteiger charge is -2.27. The minimum atomic E-state index is -0.151. The smallest absolute Gasteiger partial charge is 0.120 e. The summed E-state index contributed by atoms with van der Waals surface area (Å²) in [5.41, 5.74) is 0.826. The normalized spacial score (nSPS) is 11.8. The summed E-state index contributed by atoms with van der Waals surface area (Å²) >= 11 is 12.5. The number of nitrogens with one attached hydrogen (secondary N) is 2. The molecule has 2 rings (SSSR count). The third-order valence-electron chi connectivity index (χ3n) is 3.05. The first-order valence-electron chi connectivity index (χ1n) is 6.14. The Morgan fingerprint density at radius 3 is 2.53 bits per heavy atom. The second-order valence-corrected chi connectivity index (χ2v) is 5.93. The molecule has 102 valence electrons. The van der Waals surface area contributed by atoms with Crippen LogP contribution in [0.25, 0.3) is 0 Å². The summed E-state index contributed by atoms with van der Waals surface area (Å²) in [6.07, 6.45) is 3.56. The van der Waals surface area contributed by atoms with Gasteiger partial charge in [-0.1, -0.05) is 43.1 Å². The summed E-state index contributed by atoms with van der Waals surface area (Å²) in [6.45, 7) is 5.69. The Balaban J connectivity index is 2.05. The van der Waals surface area contributed by atoms with Crippen molar-refractivity contribution in [1.29, 1.82) is 0 Å². The molecule has 0 atom stereocenters. The van der Waals surface area contributed by atoms with Gasteiger partial charge in [-0.05, 0) is 17.7 Å². The molecule has 1 aromatic heterocycles. The highest BCUT2D eigenvalue weighted by Crippen LogP contribution is 2.35. The monoisotopic (exact) mass is 297 g/mol. The van der Waals surface area contributed by atoms with Crippen LogP contribution in [-0.4, -0.2) is 16.5 Å². The lowest BCUT2D eigenvalue weighted by molar-refractivity contribution is 0.465. The van der Waals surface area contributed by atoms with Gasteiger partial charge in [0.05, 0.1) is 6.54 Å². The van der Waals surface area contributed by atoms with Crippen molar-refractivity contribution < 1.29 is 0 Å². The second-order valence-electron chi connectivity index (χ2n) is 5.12. The Bertz CT molecular complexity index is 515. The van der Waals surface area contributed by atoms with E-state index in [9.17, 15) is 0 Å². The maximum Gasteiger partial charge on any atom is 0.120 e. The van der Waals surface area contributed by atoms with E-state index in [-0.39, 0.29) is 5.41 Å². The number of rotatable bonds is 5. The maximum atomic E-state index is 6.26. The van der Waals surface area contributed by atoms with E-state index in [0.717, 1.165) is 17.9 Å². The first-order chi connectivity index (χ1) is 9.00. The van der Waals surface area contributed by atoms with Crippen molar-refractivity contribution in [2.75, 3.05) is 6.54 Å². The number of halogens is 2. The van der Waals surface area contributed by atoms with Crippen LogP contribution in [0.15, 0.2) is 30.6 Å². The van der Waals surface area contributed by atoms with Crippen LogP contribution >= 0.6 is 23.2 Å². The first kappa shape index (κ1) is 14.4. The van der Waals surface area contributed by atoms with Gasteiger partial charge in [0.15, 0.2) is 0 Å². The van der Waals surface area contributed by atoms with Gasteiger partial charge < -0.3 is 10.3 Å². The summed E-state index contributed by atoms with van der Waals surface area (Å²) < 4.78 is 0. The maximum absolute atomic E-state index is 6.26. The summed E-state index contributed by atoms with van der Waals surface area (Å²) in [4.78, 5) is 7.23. The fourth-order valence-electron chi connectivity index (χ4n) is 2.12. The quantitative estimate of drug-likeness (QED) is 0.882. The molecule has 0 unspecified atom stereocenters. The number of aromatic nitrogens is 2. The van der Waals surface area contributed by atoms with Crippen molar-refractivity contribution in [3.05, 3.63) is 52.0 Å². The number of benzene rings is 1. The van der Waals surface area contributed by atoms with Gasteiger partial charge in [0.1, 0.15) is 5.82 Å². The van der Waals surface area contributed by atoms with Gasteiger partial charge >= 0.3 is 0 Å². The number of imidazole rings is 1. The zero-order valence-electron chi connectivity index (χ0n) is 11.0. The molecule has 1 aromatic carbocycles. The van der Waals surface area contributed by atoms with E-state index in [1.165, 1.54) is 0 Å². The molecule has 0 fully saturated rings. The molecule has 5 heteroatoms. The van der Waals surface area contributed by atoms with E-state index in [1.807, 2.05) is 24.4 Å². The highest BCUT2D eigenvalue weighted by molar-refractivity contribution is 6.36. The third-order valence-corrected chi connectivity index (χ3v) is 3.68. The number of nitrogens with zero attached hydrogens (tertiary/aromatic N) is 1. The third kappa shape index (κ3) is 3.50. The van der Waals surface area contributed by atoms with Crippen LogP contribution in [0.5, 0.6) is 0 Å². The molecule has 0 radical (unpaired) electrons. The van der Waals surface area contributed by atoms with Crippen LogP contribution in [0, 0.1) is 0 Å².